The first-order valence-corrected chi connectivity index (χ1v) is 8.41. The predicted octanol–water partition coefficient (Wildman–Crippen LogP) is 0.741. The van der Waals surface area contributed by atoms with Crippen LogP contribution in [0.4, 0.5) is 0 Å². The summed E-state index contributed by atoms with van der Waals surface area (Å²) in [5.41, 5.74) is 0. The zero-order valence-electron chi connectivity index (χ0n) is 11.3. The minimum absolute atomic E-state index is 0.258. The van der Waals surface area contributed by atoms with Gasteiger partial charge in [0.2, 0.25) is 0 Å². The minimum Gasteiger partial charge on any atom is -0.314 e. The highest BCUT2D eigenvalue weighted by atomic mass is 32.2. The van der Waals surface area contributed by atoms with Gasteiger partial charge in [0.1, 0.15) is 0 Å². The van der Waals surface area contributed by atoms with Crippen molar-refractivity contribution in [3.05, 3.63) is 0 Å². The molecule has 0 spiro atoms. The summed E-state index contributed by atoms with van der Waals surface area (Å²) in [7, 11) is -2.83. The molecule has 0 aliphatic carbocycles. The molecular weight excluding hydrogens is 236 g/mol. The van der Waals surface area contributed by atoms with E-state index in [1.54, 1.807) is 6.92 Å². The van der Waals surface area contributed by atoms with Crippen LogP contribution in [0.5, 0.6) is 0 Å². The van der Waals surface area contributed by atoms with Crippen LogP contribution in [0, 0.1) is 5.92 Å². The fourth-order valence-corrected chi connectivity index (χ4v) is 2.92. The largest absolute Gasteiger partial charge is 0.314 e. The van der Waals surface area contributed by atoms with Gasteiger partial charge >= 0.3 is 0 Å². The van der Waals surface area contributed by atoms with Crippen LogP contribution in [-0.4, -0.2) is 57.0 Å². The average Bonchev–Trinajstić information content (AvgIpc) is 2.28. The molecule has 102 valence electrons. The third kappa shape index (κ3) is 5.84. The van der Waals surface area contributed by atoms with Gasteiger partial charge in [-0.15, -0.1) is 0 Å². The SMILES string of the molecule is CCS(=O)(=O)CCN1CCC(C)NCC(C)C1. The molecule has 0 amide bonds. The Labute approximate surface area is 106 Å². The van der Waals surface area contributed by atoms with Gasteiger partial charge in [0.15, 0.2) is 9.84 Å². The van der Waals surface area contributed by atoms with E-state index >= 15 is 0 Å². The standard InChI is InChI=1S/C12H26N2O2S/c1-4-17(15,16)8-7-14-6-5-12(3)13-9-11(2)10-14/h11-13H,4-10H2,1-3H3. The summed E-state index contributed by atoms with van der Waals surface area (Å²) in [6, 6.07) is 0.531. The molecule has 4 nitrogen and oxygen atoms in total. The first-order chi connectivity index (χ1) is 7.93. The highest BCUT2D eigenvalue weighted by Crippen LogP contribution is 2.07. The van der Waals surface area contributed by atoms with Gasteiger partial charge in [0.25, 0.3) is 0 Å². The van der Waals surface area contributed by atoms with Crippen LogP contribution < -0.4 is 5.32 Å². The topological polar surface area (TPSA) is 49.4 Å². The van der Waals surface area contributed by atoms with Crippen molar-refractivity contribution < 1.29 is 8.42 Å². The van der Waals surface area contributed by atoms with Crippen molar-refractivity contribution in [2.75, 3.05) is 37.7 Å². The molecule has 0 radical (unpaired) electrons. The van der Waals surface area contributed by atoms with Crippen LogP contribution in [0.2, 0.25) is 0 Å². The summed E-state index contributed by atoms with van der Waals surface area (Å²) < 4.78 is 23.0. The number of hydrogen-bond acceptors (Lipinski definition) is 4. The summed E-state index contributed by atoms with van der Waals surface area (Å²) in [5.74, 6) is 1.15. The van der Waals surface area contributed by atoms with Crippen LogP contribution >= 0.6 is 0 Å². The molecule has 1 saturated heterocycles. The molecule has 0 aromatic rings. The van der Waals surface area contributed by atoms with Gasteiger partial charge in [-0.05, 0) is 32.4 Å². The lowest BCUT2D eigenvalue weighted by Gasteiger charge is -2.31. The van der Waals surface area contributed by atoms with Crippen molar-refractivity contribution in [2.45, 2.75) is 33.2 Å². The van der Waals surface area contributed by atoms with Gasteiger partial charge in [-0.3, -0.25) is 0 Å². The Balaban J connectivity index is 2.45. The maximum absolute atomic E-state index is 11.5. The van der Waals surface area contributed by atoms with Crippen molar-refractivity contribution in [1.82, 2.24) is 10.2 Å². The fourth-order valence-electron chi connectivity index (χ4n) is 2.09. The lowest BCUT2D eigenvalue weighted by Crippen LogP contribution is -2.43. The van der Waals surface area contributed by atoms with Crippen LogP contribution in [-0.2, 0) is 9.84 Å². The predicted molar refractivity (Wildman–Crippen MR) is 72.0 cm³/mol. The van der Waals surface area contributed by atoms with Crippen molar-refractivity contribution in [2.24, 2.45) is 5.92 Å². The molecule has 2 unspecified atom stereocenters. The fraction of sp³-hybridized carbons (Fsp3) is 1.00. The molecule has 0 aromatic carbocycles. The average molecular weight is 262 g/mol. The van der Waals surface area contributed by atoms with E-state index in [0.717, 1.165) is 26.1 Å². The summed E-state index contributed by atoms with van der Waals surface area (Å²) in [5, 5.41) is 3.49. The highest BCUT2D eigenvalue weighted by Gasteiger charge is 2.18. The number of hydrogen-bond donors (Lipinski definition) is 1. The number of rotatable bonds is 4. The Morgan fingerprint density at radius 2 is 2.06 bits per heavy atom. The molecule has 17 heavy (non-hydrogen) atoms. The molecule has 1 rings (SSSR count). The van der Waals surface area contributed by atoms with Gasteiger partial charge < -0.3 is 10.2 Å². The van der Waals surface area contributed by atoms with E-state index in [9.17, 15) is 8.42 Å². The molecular formula is C12H26N2O2S. The van der Waals surface area contributed by atoms with E-state index in [0.29, 0.717) is 24.3 Å². The molecule has 5 heteroatoms. The van der Waals surface area contributed by atoms with E-state index in [2.05, 4.69) is 24.1 Å². The molecule has 1 N–H and O–H groups in total. The Bertz CT molecular complexity index is 316. The normalized spacial score (nSPS) is 28.6. The summed E-state index contributed by atoms with van der Waals surface area (Å²) in [6.07, 6.45) is 1.10. The van der Waals surface area contributed by atoms with Crippen molar-refractivity contribution in [1.29, 1.82) is 0 Å². The maximum atomic E-state index is 11.5. The zero-order valence-corrected chi connectivity index (χ0v) is 12.1. The molecule has 1 heterocycles. The van der Waals surface area contributed by atoms with Crippen molar-refractivity contribution >= 4 is 9.84 Å². The van der Waals surface area contributed by atoms with Gasteiger partial charge in [-0.2, -0.15) is 0 Å². The molecule has 1 aliphatic rings. The molecule has 0 aromatic heterocycles. The first kappa shape index (κ1) is 14.9. The molecule has 1 aliphatic heterocycles. The summed E-state index contributed by atoms with van der Waals surface area (Å²) >= 11 is 0. The second-order valence-electron chi connectivity index (χ2n) is 5.24. The van der Waals surface area contributed by atoms with E-state index in [-0.39, 0.29) is 5.75 Å². The zero-order chi connectivity index (χ0) is 12.9. The third-order valence-corrected chi connectivity index (χ3v) is 5.11. The van der Waals surface area contributed by atoms with Crippen LogP contribution in [0.1, 0.15) is 27.2 Å². The van der Waals surface area contributed by atoms with Crippen molar-refractivity contribution in [3.8, 4) is 0 Å². The maximum Gasteiger partial charge on any atom is 0.151 e. The number of sulfone groups is 1. The van der Waals surface area contributed by atoms with E-state index in [4.69, 9.17) is 0 Å². The smallest absolute Gasteiger partial charge is 0.151 e. The first-order valence-electron chi connectivity index (χ1n) is 6.59. The highest BCUT2D eigenvalue weighted by molar-refractivity contribution is 7.91. The Kier molecular flexibility index (Phi) is 5.89. The quantitative estimate of drug-likeness (QED) is 0.812. The van der Waals surface area contributed by atoms with Gasteiger partial charge in [0.05, 0.1) is 5.75 Å². The number of nitrogens with one attached hydrogen (secondary N) is 1. The second-order valence-corrected chi connectivity index (χ2v) is 7.71. The second kappa shape index (κ2) is 6.71. The molecule has 1 fully saturated rings. The minimum atomic E-state index is -2.83. The van der Waals surface area contributed by atoms with E-state index < -0.39 is 9.84 Å². The molecule has 2 atom stereocenters. The van der Waals surface area contributed by atoms with Gasteiger partial charge in [0, 0.05) is 24.9 Å². The third-order valence-electron chi connectivity index (χ3n) is 3.42. The summed E-state index contributed by atoms with van der Waals surface area (Å²) in [4.78, 5) is 2.30. The Hall–Kier alpha value is -0.130. The van der Waals surface area contributed by atoms with Crippen LogP contribution in [0.15, 0.2) is 0 Å². The van der Waals surface area contributed by atoms with Crippen molar-refractivity contribution in [3.63, 3.8) is 0 Å². The molecule has 0 bridgehead atoms. The Morgan fingerprint density at radius 1 is 1.35 bits per heavy atom. The lowest BCUT2D eigenvalue weighted by molar-refractivity contribution is 0.211. The van der Waals surface area contributed by atoms with Crippen LogP contribution in [0.25, 0.3) is 0 Å². The van der Waals surface area contributed by atoms with E-state index in [1.807, 2.05) is 0 Å². The van der Waals surface area contributed by atoms with E-state index in [1.165, 1.54) is 0 Å². The summed E-state index contributed by atoms with van der Waals surface area (Å²) in [6.45, 7) is 9.84. The van der Waals surface area contributed by atoms with Crippen LogP contribution in [0.3, 0.4) is 0 Å². The number of nitrogens with zero attached hydrogens (tertiary/aromatic N) is 1. The monoisotopic (exact) mass is 262 g/mol. The lowest BCUT2D eigenvalue weighted by atomic mass is 10.1. The molecule has 0 saturated carbocycles. The van der Waals surface area contributed by atoms with Gasteiger partial charge in [-0.25, -0.2) is 8.42 Å². The van der Waals surface area contributed by atoms with Gasteiger partial charge in [-0.1, -0.05) is 13.8 Å². The Morgan fingerprint density at radius 3 is 2.71 bits per heavy atom.